The summed E-state index contributed by atoms with van der Waals surface area (Å²) in [4.78, 5) is 0. The lowest BCUT2D eigenvalue weighted by atomic mass is 9.90. The lowest BCUT2D eigenvalue weighted by Crippen LogP contribution is -2.23. The van der Waals surface area contributed by atoms with E-state index in [1.807, 2.05) is 16.8 Å². The molecule has 0 bridgehead atoms. The average Bonchev–Trinajstić information content (AvgIpc) is 2.70. The van der Waals surface area contributed by atoms with Crippen LogP contribution >= 0.6 is 11.3 Å². The van der Waals surface area contributed by atoms with E-state index in [-0.39, 0.29) is 5.82 Å². The van der Waals surface area contributed by atoms with Crippen molar-refractivity contribution in [2.24, 2.45) is 0 Å². The van der Waals surface area contributed by atoms with Gasteiger partial charge in [0.25, 0.3) is 0 Å². The van der Waals surface area contributed by atoms with E-state index >= 15 is 0 Å². The molecule has 0 spiro atoms. The molecule has 1 aromatic carbocycles. The maximum Gasteiger partial charge on any atom is 0.123 e. The number of benzene rings is 1. The van der Waals surface area contributed by atoms with Gasteiger partial charge in [0, 0.05) is 6.42 Å². The standard InChI is InChI=1S/C13H13FOS/c1-13(15,8-10-6-7-16-9-10)11-2-4-12(14)5-3-11/h2-7,9,15H,8H2,1H3. The average molecular weight is 236 g/mol. The molecule has 0 aliphatic heterocycles. The Morgan fingerprint density at radius 1 is 1.25 bits per heavy atom. The topological polar surface area (TPSA) is 20.2 Å². The molecular formula is C13H13FOS. The van der Waals surface area contributed by atoms with Crippen LogP contribution in [0.5, 0.6) is 0 Å². The van der Waals surface area contributed by atoms with Gasteiger partial charge in [-0.15, -0.1) is 0 Å². The van der Waals surface area contributed by atoms with E-state index in [1.54, 1.807) is 30.4 Å². The van der Waals surface area contributed by atoms with Gasteiger partial charge in [-0.25, -0.2) is 4.39 Å². The summed E-state index contributed by atoms with van der Waals surface area (Å²) in [5, 5.41) is 14.3. The van der Waals surface area contributed by atoms with Crippen LogP contribution in [0.25, 0.3) is 0 Å². The molecule has 1 heterocycles. The minimum Gasteiger partial charge on any atom is -0.385 e. The third-order valence-electron chi connectivity index (χ3n) is 2.59. The fourth-order valence-electron chi connectivity index (χ4n) is 1.70. The Hall–Kier alpha value is -1.19. The maximum absolute atomic E-state index is 12.8. The monoisotopic (exact) mass is 236 g/mol. The molecule has 0 aliphatic rings. The van der Waals surface area contributed by atoms with Crippen molar-refractivity contribution in [3.8, 4) is 0 Å². The van der Waals surface area contributed by atoms with Gasteiger partial charge < -0.3 is 5.11 Å². The Bertz CT molecular complexity index is 445. The first-order valence-corrected chi connectivity index (χ1v) is 6.02. The van der Waals surface area contributed by atoms with Crippen molar-refractivity contribution in [3.63, 3.8) is 0 Å². The van der Waals surface area contributed by atoms with Crippen molar-refractivity contribution in [1.29, 1.82) is 0 Å². The van der Waals surface area contributed by atoms with E-state index < -0.39 is 5.60 Å². The molecule has 0 fully saturated rings. The van der Waals surface area contributed by atoms with Crippen molar-refractivity contribution in [1.82, 2.24) is 0 Å². The SMILES string of the molecule is CC(O)(Cc1ccsc1)c1ccc(F)cc1. The number of rotatable bonds is 3. The Kier molecular flexibility index (Phi) is 3.08. The molecule has 0 aliphatic carbocycles. The highest BCUT2D eigenvalue weighted by Gasteiger charge is 2.23. The summed E-state index contributed by atoms with van der Waals surface area (Å²) in [5.74, 6) is -0.282. The summed E-state index contributed by atoms with van der Waals surface area (Å²) in [6, 6.07) is 7.99. The number of halogens is 1. The van der Waals surface area contributed by atoms with Crippen molar-refractivity contribution in [3.05, 3.63) is 58.0 Å². The van der Waals surface area contributed by atoms with E-state index in [0.29, 0.717) is 6.42 Å². The van der Waals surface area contributed by atoms with Crippen molar-refractivity contribution in [2.45, 2.75) is 18.9 Å². The van der Waals surface area contributed by atoms with Gasteiger partial charge in [0.1, 0.15) is 5.82 Å². The smallest absolute Gasteiger partial charge is 0.123 e. The second kappa shape index (κ2) is 4.36. The van der Waals surface area contributed by atoms with Crippen molar-refractivity contribution in [2.75, 3.05) is 0 Å². The van der Waals surface area contributed by atoms with Gasteiger partial charge in [0.15, 0.2) is 0 Å². The van der Waals surface area contributed by atoms with Gasteiger partial charge in [-0.3, -0.25) is 0 Å². The molecule has 1 unspecified atom stereocenters. The van der Waals surface area contributed by atoms with Crippen LogP contribution in [0, 0.1) is 5.82 Å². The second-order valence-corrected chi connectivity index (χ2v) is 4.87. The molecule has 84 valence electrons. The predicted octanol–water partition coefficient (Wildman–Crippen LogP) is 3.34. The zero-order chi connectivity index (χ0) is 11.6. The molecule has 1 atom stereocenters. The molecule has 0 amide bonds. The van der Waals surface area contributed by atoms with E-state index in [4.69, 9.17) is 0 Å². The van der Waals surface area contributed by atoms with Crippen LogP contribution in [0.2, 0.25) is 0 Å². The van der Waals surface area contributed by atoms with Gasteiger partial charge in [-0.05, 0) is 47.0 Å². The van der Waals surface area contributed by atoms with Gasteiger partial charge in [-0.2, -0.15) is 11.3 Å². The molecule has 0 saturated carbocycles. The summed E-state index contributed by atoms with van der Waals surface area (Å²) >= 11 is 1.61. The Morgan fingerprint density at radius 2 is 1.94 bits per heavy atom. The molecule has 1 N–H and O–H groups in total. The van der Waals surface area contributed by atoms with Gasteiger partial charge in [0.05, 0.1) is 5.60 Å². The fraction of sp³-hybridized carbons (Fsp3) is 0.231. The fourth-order valence-corrected chi connectivity index (χ4v) is 2.37. The number of thiophene rings is 1. The normalized spacial score (nSPS) is 14.7. The highest BCUT2D eigenvalue weighted by molar-refractivity contribution is 7.07. The molecule has 1 nitrogen and oxygen atoms in total. The van der Waals surface area contributed by atoms with E-state index in [1.165, 1.54) is 12.1 Å². The van der Waals surface area contributed by atoms with Gasteiger partial charge in [-0.1, -0.05) is 12.1 Å². The molecule has 16 heavy (non-hydrogen) atoms. The van der Waals surface area contributed by atoms with Gasteiger partial charge in [0.2, 0.25) is 0 Å². The minimum atomic E-state index is -0.950. The first kappa shape index (κ1) is 11.3. The summed E-state index contributed by atoms with van der Waals surface area (Å²) in [5.41, 5.74) is 0.883. The molecule has 0 radical (unpaired) electrons. The summed E-state index contributed by atoms with van der Waals surface area (Å²) < 4.78 is 12.8. The molecule has 1 aromatic heterocycles. The Balaban J connectivity index is 2.21. The van der Waals surface area contributed by atoms with Crippen molar-refractivity contribution < 1.29 is 9.50 Å². The number of hydrogen-bond acceptors (Lipinski definition) is 2. The lowest BCUT2D eigenvalue weighted by molar-refractivity contribution is 0.0577. The molecular weight excluding hydrogens is 223 g/mol. The van der Waals surface area contributed by atoms with Crippen LogP contribution in [-0.2, 0) is 12.0 Å². The summed E-state index contributed by atoms with van der Waals surface area (Å²) in [6.45, 7) is 1.75. The third kappa shape index (κ3) is 2.49. The summed E-state index contributed by atoms with van der Waals surface area (Å²) in [6.07, 6.45) is 0.544. The minimum absolute atomic E-state index is 0.282. The van der Waals surface area contributed by atoms with Crippen LogP contribution < -0.4 is 0 Å². The first-order chi connectivity index (χ1) is 7.58. The summed E-state index contributed by atoms with van der Waals surface area (Å²) in [7, 11) is 0. The quantitative estimate of drug-likeness (QED) is 0.866. The molecule has 3 heteroatoms. The molecule has 2 aromatic rings. The van der Waals surface area contributed by atoms with Crippen LogP contribution in [0.4, 0.5) is 4.39 Å². The second-order valence-electron chi connectivity index (χ2n) is 4.09. The highest BCUT2D eigenvalue weighted by atomic mass is 32.1. The van der Waals surface area contributed by atoms with Crippen molar-refractivity contribution >= 4 is 11.3 Å². The lowest BCUT2D eigenvalue weighted by Gasteiger charge is -2.23. The van der Waals surface area contributed by atoms with Crippen LogP contribution in [0.1, 0.15) is 18.1 Å². The Morgan fingerprint density at radius 3 is 2.50 bits per heavy atom. The van der Waals surface area contributed by atoms with Crippen LogP contribution in [0.15, 0.2) is 41.1 Å². The van der Waals surface area contributed by atoms with E-state index in [2.05, 4.69) is 0 Å². The number of hydrogen-bond donors (Lipinski definition) is 1. The molecule has 0 saturated heterocycles. The maximum atomic E-state index is 12.8. The first-order valence-electron chi connectivity index (χ1n) is 5.07. The van der Waals surface area contributed by atoms with E-state index in [0.717, 1.165) is 11.1 Å². The van der Waals surface area contributed by atoms with Crippen LogP contribution in [-0.4, -0.2) is 5.11 Å². The molecule has 2 rings (SSSR count). The van der Waals surface area contributed by atoms with Gasteiger partial charge >= 0.3 is 0 Å². The van der Waals surface area contributed by atoms with Crippen LogP contribution in [0.3, 0.4) is 0 Å². The third-order valence-corrected chi connectivity index (χ3v) is 3.33. The zero-order valence-corrected chi connectivity index (χ0v) is 9.80. The largest absolute Gasteiger partial charge is 0.385 e. The highest BCUT2D eigenvalue weighted by Crippen LogP contribution is 2.26. The Labute approximate surface area is 98.2 Å². The zero-order valence-electron chi connectivity index (χ0n) is 8.98. The predicted molar refractivity (Wildman–Crippen MR) is 64.0 cm³/mol. The van der Waals surface area contributed by atoms with E-state index in [9.17, 15) is 9.50 Å². The number of aliphatic hydroxyl groups is 1.